The number of halogens is 2. The Morgan fingerprint density at radius 3 is 2.42 bits per heavy atom. The summed E-state index contributed by atoms with van der Waals surface area (Å²) < 4.78 is 0.954. The lowest BCUT2D eigenvalue weighted by Crippen LogP contribution is -2.26. The largest absolute Gasteiger partial charge is 0.380 e. The molecule has 0 saturated heterocycles. The first-order valence-electron chi connectivity index (χ1n) is 6.22. The summed E-state index contributed by atoms with van der Waals surface area (Å²) in [6, 6.07) is 13.5. The molecule has 100 valence electrons. The van der Waals surface area contributed by atoms with Crippen molar-refractivity contribution in [2.24, 2.45) is 0 Å². The highest BCUT2D eigenvalue weighted by atomic mass is 79.9. The van der Waals surface area contributed by atoms with Gasteiger partial charge in [-0.15, -0.1) is 0 Å². The molecule has 0 amide bonds. The van der Waals surface area contributed by atoms with E-state index in [0.29, 0.717) is 11.4 Å². The zero-order valence-corrected chi connectivity index (χ0v) is 13.3. The fourth-order valence-electron chi connectivity index (χ4n) is 2.17. The number of hydrogen-bond acceptors (Lipinski definition) is 1. The number of aliphatic hydroxyl groups is 1. The van der Waals surface area contributed by atoms with E-state index in [-0.39, 0.29) is 0 Å². The van der Waals surface area contributed by atoms with Crippen molar-refractivity contribution in [2.45, 2.75) is 25.9 Å². The first-order chi connectivity index (χ1) is 8.97. The van der Waals surface area contributed by atoms with Crippen LogP contribution in [0.5, 0.6) is 0 Å². The molecule has 0 saturated carbocycles. The predicted molar refractivity (Wildman–Crippen MR) is 83.6 cm³/mol. The molecule has 19 heavy (non-hydrogen) atoms. The average Bonchev–Trinajstić information content (AvgIpc) is 2.41. The van der Waals surface area contributed by atoms with Gasteiger partial charge in [0.05, 0.1) is 0 Å². The lowest BCUT2D eigenvalue weighted by Gasteiger charge is -2.28. The van der Waals surface area contributed by atoms with Crippen LogP contribution < -0.4 is 0 Å². The minimum atomic E-state index is -1.01. The molecule has 0 aliphatic carbocycles. The van der Waals surface area contributed by atoms with E-state index >= 15 is 0 Å². The third kappa shape index (κ3) is 2.86. The number of aryl methyl sites for hydroxylation is 1. The van der Waals surface area contributed by atoms with E-state index in [1.165, 1.54) is 0 Å². The normalized spacial score (nSPS) is 14.2. The molecule has 1 nitrogen and oxygen atoms in total. The second-order valence-corrected chi connectivity index (χ2v) is 6.01. The van der Waals surface area contributed by atoms with Crippen molar-refractivity contribution in [3.05, 3.63) is 68.7 Å². The SMILES string of the molecule is CCC(O)(c1cccc(Br)c1)c1ccc(C)c(Cl)c1. The zero-order chi connectivity index (χ0) is 14.0. The third-order valence-corrected chi connectivity index (χ3v) is 4.36. The van der Waals surface area contributed by atoms with Crippen molar-refractivity contribution in [1.82, 2.24) is 0 Å². The molecule has 0 spiro atoms. The minimum absolute atomic E-state index is 0.586. The molecule has 2 aromatic rings. The summed E-state index contributed by atoms with van der Waals surface area (Å²) in [6.45, 7) is 3.92. The lowest BCUT2D eigenvalue weighted by atomic mass is 9.84. The summed E-state index contributed by atoms with van der Waals surface area (Å²) in [4.78, 5) is 0. The van der Waals surface area contributed by atoms with Gasteiger partial charge in [-0.05, 0) is 48.2 Å². The van der Waals surface area contributed by atoms with E-state index in [4.69, 9.17) is 11.6 Å². The van der Waals surface area contributed by atoms with E-state index in [0.717, 1.165) is 21.2 Å². The molecule has 3 heteroatoms. The van der Waals surface area contributed by atoms with Gasteiger partial charge in [0.25, 0.3) is 0 Å². The molecule has 0 fully saturated rings. The first-order valence-corrected chi connectivity index (χ1v) is 7.39. The third-order valence-electron chi connectivity index (χ3n) is 3.46. The van der Waals surface area contributed by atoms with Gasteiger partial charge in [-0.2, -0.15) is 0 Å². The van der Waals surface area contributed by atoms with Gasteiger partial charge in [-0.3, -0.25) is 0 Å². The molecule has 0 bridgehead atoms. The molecule has 2 rings (SSSR count). The van der Waals surface area contributed by atoms with E-state index in [1.807, 2.05) is 56.3 Å². The quantitative estimate of drug-likeness (QED) is 0.829. The topological polar surface area (TPSA) is 20.2 Å². The molecular formula is C16H16BrClO. The molecule has 1 unspecified atom stereocenters. The van der Waals surface area contributed by atoms with Gasteiger partial charge in [0.15, 0.2) is 0 Å². The highest BCUT2D eigenvalue weighted by molar-refractivity contribution is 9.10. The summed E-state index contributed by atoms with van der Waals surface area (Å²) in [6.07, 6.45) is 0.586. The maximum Gasteiger partial charge on any atom is 0.114 e. The fraction of sp³-hybridized carbons (Fsp3) is 0.250. The van der Waals surface area contributed by atoms with Crippen molar-refractivity contribution >= 4 is 27.5 Å². The minimum Gasteiger partial charge on any atom is -0.380 e. The van der Waals surface area contributed by atoms with Crippen LogP contribution in [0.25, 0.3) is 0 Å². The Morgan fingerprint density at radius 2 is 1.84 bits per heavy atom. The van der Waals surface area contributed by atoms with Crippen molar-refractivity contribution < 1.29 is 5.11 Å². The molecule has 0 heterocycles. The van der Waals surface area contributed by atoms with Crippen molar-refractivity contribution in [1.29, 1.82) is 0 Å². The Balaban J connectivity index is 2.56. The van der Waals surface area contributed by atoms with Crippen LogP contribution in [0.15, 0.2) is 46.9 Å². The Morgan fingerprint density at radius 1 is 1.16 bits per heavy atom. The molecule has 0 aromatic heterocycles. The van der Waals surface area contributed by atoms with E-state index in [2.05, 4.69) is 15.9 Å². The molecule has 0 radical (unpaired) electrons. The van der Waals surface area contributed by atoms with Crippen LogP contribution in [-0.4, -0.2) is 5.11 Å². The van der Waals surface area contributed by atoms with Crippen molar-refractivity contribution in [3.8, 4) is 0 Å². The number of benzene rings is 2. The zero-order valence-electron chi connectivity index (χ0n) is 11.0. The van der Waals surface area contributed by atoms with Crippen LogP contribution in [0.4, 0.5) is 0 Å². The summed E-state index contributed by atoms with van der Waals surface area (Å²) in [5.74, 6) is 0. The van der Waals surface area contributed by atoms with E-state index in [9.17, 15) is 5.11 Å². The van der Waals surface area contributed by atoms with Gasteiger partial charge in [0, 0.05) is 9.50 Å². The Bertz CT molecular complexity index is 597. The van der Waals surface area contributed by atoms with Crippen molar-refractivity contribution in [3.63, 3.8) is 0 Å². The maximum absolute atomic E-state index is 11.0. The molecule has 2 aromatic carbocycles. The number of hydrogen-bond donors (Lipinski definition) is 1. The molecule has 0 aliphatic rings. The summed E-state index contributed by atoms with van der Waals surface area (Å²) in [7, 11) is 0. The van der Waals surface area contributed by atoms with Crippen LogP contribution in [0.1, 0.15) is 30.0 Å². The summed E-state index contributed by atoms with van der Waals surface area (Å²) >= 11 is 9.62. The Kier molecular flexibility index (Phi) is 4.34. The smallest absolute Gasteiger partial charge is 0.114 e. The van der Waals surface area contributed by atoms with Crippen LogP contribution >= 0.6 is 27.5 Å². The van der Waals surface area contributed by atoms with Gasteiger partial charge >= 0.3 is 0 Å². The summed E-state index contributed by atoms with van der Waals surface area (Å²) in [5.41, 5.74) is 1.69. The Hall–Kier alpha value is -0.830. The van der Waals surface area contributed by atoms with Gasteiger partial charge in [-0.25, -0.2) is 0 Å². The molecule has 0 aliphatic heterocycles. The monoisotopic (exact) mass is 338 g/mol. The second kappa shape index (κ2) is 5.66. The predicted octanol–water partition coefficient (Wildman–Crippen LogP) is 5.06. The molecule has 1 atom stereocenters. The highest BCUT2D eigenvalue weighted by Crippen LogP contribution is 2.35. The van der Waals surface area contributed by atoms with Crippen LogP contribution in [-0.2, 0) is 5.60 Å². The van der Waals surface area contributed by atoms with Crippen LogP contribution in [0.2, 0.25) is 5.02 Å². The first kappa shape index (κ1) is 14.6. The van der Waals surface area contributed by atoms with Crippen molar-refractivity contribution in [2.75, 3.05) is 0 Å². The summed E-state index contributed by atoms with van der Waals surface area (Å²) in [5, 5.41) is 11.7. The number of rotatable bonds is 3. The highest BCUT2D eigenvalue weighted by Gasteiger charge is 2.30. The maximum atomic E-state index is 11.0. The van der Waals surface area contributed by atoms with Gasteiger partial charge < -0.3 is 5.11 Å². The van der Waals surface area contributed by atoms with Crippen LogP contribution in [0.3, 0.4) is 0 Å². The van der Waals surface area contributed by atoms with Gasteiger partial charge in [0.2, 0.25) is 0 Å². The van der Waals surface area contributed by atoms with Gasteiger partial charge in [-0.1, -0.05) is 58.7 Å². The fourth-order valence-corrected chi connectivity index (χ4v) is 2.75. The van der Waals surface area contributed by atoms with E-state index < -0.39 is 5.60 Å². The van der Waals surface area contributed by atoms with Gasteiger partial charge in [0.1, 0.15) is 5.60 Å². The second-order valence-electron chi connectivity index (χ2n) is 4.69. The average molecular weight is 340 g/mol. The molecule has 1 N–H and O–H groups in total. The lowest BCUT2D eigenvalue weighted by molar-refractivity contribution is 0.0765. The standard InChI is InChI=1S/C16H16BrClO/c1-3-16(19,12-5-4-6-14(17)9-12)13-8-7-11(2)15(18)10-13/h4-10,19H,3H2,1-2H3. The Labute approximate surface area is 127 Å². The van der Waals surface area contributed by atoms with Crippen LogP contribution in [0, 0.1) is 6.92 Å². The molecular weight excluding hydrogens is 324 g/mol. The van der Waals surface area contributed by atoms with E-state index in [1.54, 1.807) is 0 Å².